The van der Waals surface area contributed by atoms with Crippen LogP contribution in [0.1, 0.15) is 30.9 Å². The van der Waals surface area contributed by atoms with Crippen molar-refractivity contribution in [2.75, 3.05) is 26.9 Å². The van der Waals surface area contributed by atoms with Gasteiger partial charge in [0.1, 0.15) is 35.7 Å². The maximum Gasteiger partial charge on any atom is 0.198 e. The molecule has 1 saturated heterocycles. The van der Waals surface area contributed by atoms with Gasteiger partial charge >= 0.3 is 0 Å². The lowest BCUT2D eigenvalue weighted by molar-refractivity contribution is -0.125. The largest absolute Gasteiger partial charge is 0.495 e. The molecule has 1 aliphatic heterocycles. The number of Topliss-reactive ketones (excluding diaryl/α,β-unsaturated/α-hetero) is 1. The summed E-state index contributed by atoms with van der Waals surface area (Å²) in [5.74, 6) is -1.91. The lowest BCUT2D eigenvalue weighted by Gasteiger charge is -2.37. The molecule has 4 aromatic rings. The maximum atomic E-state index is 15.4. The SMILES string of the molecule is COc1ccc(-c2cn(COCC[Si](C)(C)C)c3nccc(Oc4c(F)cc(CC(=O)CCC5(C)COC5)cc4F)c23)cc1C#N. The van der Waals surface area contributed by atoms with Crippen molar-refractivity contribution < 1.29 is 32.5 Å². The summed E-state index contributed by atoms with van der Waals surface area (Å²) in [6.45, 7) is 10.9. The van der Waals surface area contributed by atoms with Crippen LogP contribution in [0.25, 0.3) is 22.2 Å². The smallest absolute Gasteiger partial charge is 0.198 e. The number of rotatable bonds is 14. The monoisotopic (exact) mass is 647 g/mol. The molecule has 46 heavy (non-hydrogen) atoms. The van der Waals surface area contributed by atoms with Crippen molar-refractivity contribution in [3.05, 3.63) is 71.6 Å². The molecule has 1 aliphatic rings. The fourth-order valence-corrected chi connectivity index (χ4v) is 6.12. The topological polar surface area (TPSA) is 95.6 Å². The average Bonchev–Trinajstić information content (AvgIpc) is 3.37. The van der Waals surface area contributed by atoms with Crippen LogP contribution in [-0.4, -0.2) is 50.3 Å². The highest BCUT2D eigenvalue weighted by Gasteiger charge is 2.33. The molecule has 2 aromatic heterocycles. The molecule has 0 unspecified atom stereocenters. The van der Waals surface area contributed by atoms with Crippen molar-refractivity contribution in [1.82, 2.24) is 9.55 Å². The highest BCUT2D eigenvalue weighted by atomic mass is 28.3. The first-order valence-corrected chi connectivity index (χ1v) is 19.0. The van der Waals surface area contributed by atoms with E-state index in [1.807, 2.05) is 10.8 Å². The van der Waals surface area contributed by atoms with Gasteiger partial charge in [-0.1, -0.05) is 32.6 Å². The van der Waals surface area contributed by atoms with Gasteiger partial charge in [-0.15, -0.1) is 0 Å². The van der Waals surface area contributed by atoms with Gasteiger partial charge in [0.05, 0.1) is 31.3 Å². The summed E-state index contributed by atoms with van der Waals surface area (Å²) in [6.07, 6.45) is 4.25. The highest BCUT2D eigenvalue weighted by Crippen LogP contribution is 2.40. The zero-order chi connectivity index (χ0) is 33.1. The lowest BCUT2D eigenvalue weighted by atomic mass is 9.82. The molecule has 11 heteroatoms. The van der Waals surface area contributed by atoms with Crippen LogP contribution in [0.3, 0.4) is 0 Å². The number of nitriles is 1. The zero-order valence-corrected chi connectivity index (χ0v) is 27.9. The van der Waals surface area contributed by atoms with Gasteiger partial charge in [-0.05, 0) is 53.9 Å². The Morgan fingerprint density at radius 3 is 2.50 bits per heavy atom. The van der Waals surface area contributed by atoms with Crippen molar-refractivity contribution in [3.63, 3.8) is 0 Å². The molecule has 0 amide bonds. The van der Waals surface area contributed by atoms with Gasteiger partial charge in [0.25, 0.3) is 0 Å². The Kier molecular flexibility index (Phi) is 9.91. The number of ether oxygens (including phenoxy) is 4. The van der Waals surface area contributed by atoms with Crippen molar-refractivity contribution in [3.8, 4) is 34.4 Å². The Morgan fingerprint density at radius 2 is 1.87 bits per heavy atom. The summed E-state index contributed by atoms with van der Waals surface area (Å²) in [5.41, 5.74) is 2.35. The standard InChI is InChI=1S/C35H39F2N3O5Si/c1-35(20-44-21-35)10-8-26(41)14-23-15-28(36)33(29(37)16-23)45-31-9-11-39-34-32(31)27(19-40(34)22-43-12-13-46(3,4)5)24-6-7-30(42-2)25(17-24)18-38/h6-7,9,11,15-17,19H,8,10,12-14,20-22H2,1-5H3. The Balaban J connectivity index is 1.46. The first kappa shape index (κ1) is 33.3. The van der Waals surface area contributed by atoms with E-state index in [0.29, 0.717) is 66.1 Å². The number of benzene rings is 2. The van der Waals surface area contributed by atoms with Gasteiger partial charge in [0, 0.05) is 50.9 Å². The summed E-state index contributed by atoms with van der Waals surface area (Å²) in [4.78, 5) is 17.1. The summed E-state index contributed by atoms with van der Waals surface area (Å²) < 4.78 is 55.2. The summed E-state index contributed by atoms with van der Waals surface area (Å²) in [5, 5.41) is 10.2. The first-order valence-electron chi connectivity index (χ1n) is 15.3. The van der Waals surface area contributed by atoms with Gasteiger partial charge in [0.2, 0.25) is 0 Å². The third kappa shape index (κ3) is 7.63. The van der Waals surface area contributed by atoms with E-state index in [1.54, 1.807) is 18.2 Å². The number of ketones is 1. The molecule has 0 atom stereocenters. The van der Waals surface area contributed by atoms with E-state index in [0.717, 1.165) is 18.2 Å². The van der Waals surface area contributed by atoms with E-state index in [4.69, 9.17) is 18.9 Å². The van der Waals surface area contributed by atoms with Gasteiger partial charge in [-0.25, -0.2) is 13.8 Å². The van der Waals surface area contributed by atoms with Gasteiger partial charge < -0.3 is 23.5 Å². The van der Waals surface area contributed by atoms with Crippen LogP contribution in [0.2, 0.25) is 25.7 Å². The summed E-state index contributed by atoms with van der Waals surface area (Å²) in [7, 11) is 0.180. The van der Waals surface area contributed by atoms with Crippen molar-refractivity contribution in [2.45, 2.75) is 58.6 Å². The van der Waals surface area contributed by atoms with Crippen molar-refractivity contribution in [1.29, 1.82) is 5.26 Å². The molecule has 5 rings (SSSR count). The minimum atomic E-state index is -1.31. The Labute approximate surface area is 268 Å². The zero-order valence-electron chi connectivity index (χ0n) is 26.9. The van der Waals surface area contributed by atoms with E-state index < -0.39 is 25.5 Å². The number of methoxy groups -OCH3 is 1. The summed E-state index contributed by atoms with van der Waals surface area (Å²) >= 11 is 0. The molecule has 242 valence electrons. The third-order valence-corrected chi connectivity index (χ3v) is 9.86. The quantitative estimate of drug-likeness (QED) is 0.101. The molecule has 8 nitrogen and oxygen atoms in total. The second-order valence-electron chi connectivity index (χ2n) is 13.4. The minimum Gasteiger partial charge on any atom is -0.495 e. The first-order chi connectivity index (χ1) is 21.9. The number of hydrogen-bond donors (Lipinski definition) is 0. The number of aromatic nitrogens is 2. The normalized spacial score (nSPS) is 14.1. The van der Waals surface area contributed by atoms with Gasteiger partial charge in [-0.2, -0.15) is 5.26 Å². The van der Waals surface area contributed by atoms with E-state index >= 15 is 8.78 Å². The number of halogens is 2. The third-order valence-electron chi connectivity index (χ3n) is 8.16. The van der Waals surface area contributed by atoms with Gasteiger partial charge in [-0.3, -0.25) is 4.79 Å². The molecule has 0 bridgehead atoms. The molecule has 0 saturated carbocycles. The fraction of sp³-hybridized carbons (Fsp3) is 0.400. The number of pyridine rings is 1. The molecular weight excluding hydrogens is 608 g/mol. The summed E-state index contributed by atoms with van der Waals surface area (Å²) in [6, 6.07) is 12.1. The van der Waals surface area contributed by atoms with Gasteiger partial charge in [0.15, 0.2) is 17.4 Å². The maximum absolute atomic E-state index is 15.4. The second-order valence-corrected chi connectivity index (χ2v) is 19.0. The number of carbonyl (C=O) groups excluding carboxylic acids is 1. The number of nitrogens with zero attached hydrogens (tertiary/aromatic N) is 3. The van der Waals surface area contributed by atoms with Crippen LogP contribution in [-0.2, 0) is 27.4 Å². The average molecular weight is 648 g/mol. The molecule has 0 N–H and O–H groups in total. The molecule has 0 radical (unpaired) electrons. The van der Waals surface area contributed by atoms with Crippen molar-refractivity contribution >= 4 is 24.9 Å². The van der Waals surface area contributed by atoms with Crippen molar-refractivity contribution in [2.24, 2.45) is 5.41 Å². The van der Waals surface area contributed by atoms with E-state index in [2.05, 4.69) is 37.6 Å². The molecule has 2 aromatic carbocycles. The van der Waals surface area contributed by atoms with Crippen LogP contribution in [0.5, 0.6) is 17.2 Å². The Hall–Kier alpha value is -4.11. The minimum absolute atomic E-state index is 0.0143. The van der Waals surface area contributed by atoms with Crippen LogP contribution < -0.4 is 9.47 Å². The number of fused-ring (bicyclic) bond motifs is 1. The molecule has 1 fully saturated rings. The van der Waals surface area contributed by atoms with E-state index in [-0.39, 0.29) is 35.7 Å². The Bertz CT molecular complexity index is 1770. The fourth-order valence-electron chi connectivity index (χ4n) is 5.37. The predicted molar refractivity (Wildman–Crippen MR) is 174 cm³/mol. The van der Waals surface area contributed by atoms with E-state index in [9.17, 15) is 10.1 Å². The predicted octanol–water partition coefficient (Wildman–Crippen LogP) is 7.89. The second kappa shape index (κ2) is 13.7. The Morgan fingerprint density at radius 1 is 1.13 bits per heavy atom. The lowest BCUT2D eigenvalue weighted by Crippen LogP contribution is -2.40. The van der Waals surface area contributed by atoms with Crippen LogP contribution in [0.15, 0.2) is 48.8 Å². The molecule has 0 spiro atoms. The van der Waals surface area contributed by atoms with Crippen LogP contribution >= 0.6 is 0 Å². The van der Waals surface area contributed by atoms with Crippen LogP contribution in [0.4, 0.5) is 8.78 Å². The van der Waals surface area contributed by atoms with E-state index in [1.165, 1.54) is 19.4 Å². The molecular formula is C35H39F2N3O5Si. The van der Waals surface area contributed by atoms with Crippen LogP contribution in [0, 0.1) is 28.4 Å². The highest BCUT2D eigenvalue weighted by molar-refractivity contribution is 6.76. The number of carbonyl (C=O) groups is 1. The molecule has 3 heterocycles. The molecule has 0 aliphatic carbocycles. The number of hydrogen-bond acceptors (Lipinski definition) is 7.